The standard InChI is InChI=1S/C21H23NO4/c1-20(2)21(19(23)16-7-5-6-8-18(16)25-20)13-17(22(3)26-21)14-9-11-15(24-4)12-10-14/h5-12,17H,13H2,1-4H3/t17-,21-/m1/s1. The molecule has 1 spiro atoms. The molecule has 136 valence electrons. The minimum atomic E-state index is -1.05. The Labute approximate surface area is 153 Å². The van der Waals surface area contributed by atoms with Crippen molar-refractivity contribution in [3.63, 3.8) is 0 Å². The second-order valence-electron chi connectivity index (χ2n) is 7.40. The van der Waals surface area contributed by atoms with Crippen molar-refractivity contribution in [2.24, 2.45) is 0 Å². The molecule has 0 radical (unpaired) electrons. The highest BCUT2D eigenvalue weighted by Crippen LogP contribution is 2.51. The Kier molecular flexibility index (Phi) is 3.82. The summed E-state index contributed by atoms with van der Waals surface area (Å²) in [7, 11) is 3.51. The number of fused-ring (bicyclic) bond motifs is 1. The molecule has 2 heterocycles. The zero-order valence-corrected chi connectivity index (χ0v) is 15.5. The van der Waals surface area contributed by atoms with Crippen LogP contribution in [-0.4, -0.2) is 36.2 Å². The zero-order chi connectivity index (χ0) is 18.5. The van der Waals surface area contributed by atoms with E-state index in [1.807, 2.05) is 63.4 Å². The second kappa shape index (κ2) is 5.83. The highest BCUT2D eigenvalue weighted by atomic mass is 16.7. The van der Waals surface area contributed by atoms with Gasteiger partial charge in [-0.25, -0.2) is 0 Å². The molecule has 0 unspecified atom stereocenters. The number of carbonyl (C=O) groups excluding carboxylic acids is 1. The number of carbonyl (C=O) groups is 1. The van der Waals surface area contributed by atoms with Gasteiger partial charge in [0, 0.05) is 13.5 Å². The Bertz CT molecular complexity index is 845. The minimum Gasteiger partial charge on any atom is -0.497 e. The molecule has 2 atom stereocenters. The molecule has 2 aliphatic rings. The van der Waals surface area contributed by atoms with Gasteiger partial charge in [-0.05, 0) is 43.7 Å². The molecule has 2 aliphatic heterocycles. The van der Waals surface area contributed by atoms with Gasteiger partial charge in [-0.3, -0.25) is 9.63 Å². The number of benzene rings is 2. The van der Waals surface area contributed by atoms with Crippen LogP contribution in [0.2, 0.25) is 0 Å². The van der Waals surface area contributed by atoms with Gasteiger partial charge in [0.05, 0.1) is 18.7 Å². The van der Waals surface area contributed by atoms with Gasteiger partial charge in [0.2, 0.25) is 5.78 Å². The Morgan fingerprint density at radius 1 is 1.12 bits per heavy atom. The van der Waals surface area contributed by atoms with E-state index in [4.69, 9.17) is 14.3 Å². The highest BCUT2D eigenvalue weighted by molar-refractivity contribution is 6.06. The Hall–Kier alpha value is -2.37. The van der Waals surface area contributed by atoms with Crippen LogP contribution in [-0.2, 0) is 4.84 Å². The third-order valence-electron chi connectivity index (χ3n) is 5.56. The Balaban J connectivity index is 1.73. The SMILES string of the molecule is COc1ccc([C@H]2C[C@@]3(ON2C)C(=O)c2ccccc2OC3(C)C)cc1. The first-order chi connectivity index (χ1) is 12.4. The molecular weight excluding hydrogens is 330 g/mol. The molecule has 2 aromatic rings. The third kappa shape index (κ3) is 2.35. The van der Waals surface area contributed by atoms with E-state index in [1.165, 1.54) is 0 Å². The van der Waals surface area contributed by atoms with Crippen LogP contribution in [0.4, 0.5) is 0 Å². The minimum absolute atomic E-state index is 0.0211. The van der Waals surface area contributed by atoms with Crippen LogP contribution in [0.3, 0.4) is 0 Å². The largest absolute Gasteiger partial charge is 0.497 e. The van der Waals surface area contributed by atoms with E-state index in [2.05, 4.69) is 0 Å². The summed E-state index contributed by atoms with van der Waals surface area (Å²) >= 11 is 0. The van der Waals surface area contributed by atoms with Crippen molar-refractivity contribution in [2.45, 2.75) is 37.5 Å². The number of Topliss-reactive ketones (excluding diaryl/α,β-unsaturated/α-hetero) is 1. The van der Waals surface area contributed by atoms with Crippen molar-refractivity contribution in [1.29, 1.82) is 0 Å². The van der Waals surface area contributed by atoms with Crippen LogP contribution in [0.1, 0.15) is 42.2 Å². The van der Waals surface area contributed by atoms with E-state index >= 15 is 0 Å². The summed E-state index contributed by atoms with van der Waals surface area (Å²) in [5, 5.41) is 1.78. The molecule has 0 aromatic heterocycles. The topological polar surface area (TPSA) is 48.0 Å². The van der Waals surface area contributed by atoms with Gasteiger partial charge >= 0.3 is 0 Å². The number of ether oxygens (including phenoxy) is 2. The normalized spacial score (nSPS) is 27.2. The molecule has 0 saturated carbocycles. The van der Waals surface area contributed by atoms with Crippen LogP contribution in [0, 0.1) is 0 Å². The summed E-state index contributed by atoms with van der Waals surface area (Å²) in [6.45, 7) is 3.84. The molecule has 5 heteroatoms. The fourth-order valence-electron chi connectivity index (χ4n) is 3.98. The number of ketones is 1. The Morgan fingerprint density at radius 2 is 1.81 bits per heavy atom. The number of rotatable bonds is 2. The zero-order valence-electron chi connectivity index (χ0n) is 15.5. The van der Waals surface area contributed by atoms with Gasteiger partial charge in [-0.1, -0.05) is 24.3 Å². The van der Waals surface area contributed by atoms with E-state index in [9.17, 15) is 4.79 Å². The lowest BCUT2D eigenvalue weighted by atomic mass is 9.73. The number of hydrogen-bond acceptors (Lipinski definition) is 5. The lowest BCUT2D eigenvalue weighted by Crippen LogP contribution is -2.61. The lowest BCUT2D eigenvalue weighted by Gasteiger charge is -2.45. The smallest absolute Gasteiger partial charge is 0.204 e. The molecule has 2 aromatic carbocycles. The molecule has 1 fully saturated rings. The number of nitrogens with zero attached hydrogens (tertiary/aromatic N) is 1. The van der Waals surface area contributed by atoms with E-state index in [1.54, 1.807) is 18.2 Å². The van der Waals surface area contributed by atoms with E-state index in [-0.39, 0.29) is 11.8 Å². The monoisotopic (exact) mass is 353 g/mol. The fraction of sp³-hybridized carbons (Fsp3) is 0.381. The van der Waals surface area contributed by atoms with Gasteiger partial charge in [0.1, 0.15) is 17.1 Å². The lowest BCUT2D eigenvalue weighted by molar-refractivity contribution is -0.220. The number of para-hydroxylation sites is 1. The van der Waals surface area contributed by atoms with Crippen molar-refractivity contribution in [2.75, 3.05) is 14.2 Å². The summed E-state index contributed by atoms with van der Waals surface area (Å²) in [5.41, 5.74) is -0.183. The molecule has 26 heavy (non-hydrogen) atoms. The quantitative estimate of drug-likeness (QED) is 0.822. The average Bonchev–Trinajstić information content (AvgIpc) is 2.99. The summed E-state index contributed by atoms with van der Waals surface area (Å²) < 4.78 is 11.4. The maximum atomic E-state index is 13.4. The molecule has 0 bridgehead atoms. The molecule has 0 N–H and O–H groups in total. The highest BCUT2D eigenvalue weighted by Gasteiger charge is 2.63. The first-order valence-electron chi connectivity index (χ1n) is 8.77. The van der Waals surface area contributed by atoms with Gasteiger partial charge in [0.15, 0.2) is 5.60 Å². The second-order valence-corrected chi connectivity index (χ2v) is 7.40. The van der Waals surface area contributed by atoms with Crippen LogP contribution < -0.4 is 9.47 Å². The predicted molar refractivity (Wildman–Crippen MR) is 97.4 cm³/mol. The van der Waals surface area contributed by atoms with Crippen molar-refractivity contribution in [3.05, 3.63) is 59.7 Å². The van der Waals surface area contributed by atoms with Gasteiger partial charge in [-0.2, -0.15) is 5.06 Å². The van der Waals surface area contributed by atoms with E-state index in [0.29, 0.717) is 17.7 Å². The summed E-state index contributed by atoms with van der Waals surface area (Å²) in [4.78, 5) is 19.7. The van der Waals surface area contributed by atoms with Crippen LogP contribution in [0.5, 0.6) is 11.5 Å². The average molecular weight is 353 g/mol. The summed E-state index contributed by atoms with van der Waals surface area (Å²) in [5.74, 6) is 1.40. The first-order valence-corrected chi connectivity index (χ1v) is 8.77. The summed E-state index contributed by atoms with van der Waals surface area (Å²) in [6, 6.07) is 15.2. The number of methoxy groups -OCH3 is 1. The number of hydrogen-bond donors (Lipinski definition) is 0. The third-order valence-corrected chi connectivity index (χ3v) is 5.56. The first kappa shape index (κ1) is 17.1. The molecule has 1 saturated heterocycles. The maximum Gasteiger partial charge on any atom is 0.204 e. The van der Waals surface area contributed by atoms with Gasteiger partial charge in [0.25, 0.3) is 0 Å². The van der Waals surface area contributed by atoms with E-state index < -0.39 is 11.2 Å². The molecule has 0 aliphatic carbocycles. The van der Waals surface area contributed by atoms with Crippen LogP contribution >= 0.6 is 0 Å². The Morgan fingerprint density at radius 3 is 2.50 bits per heavy atom. The van der Waals surface area contributed by atoms with Gasteiger partial charge < -0.3 is 9.47 Å². The van der Waals surface area contributed by atoms with Crippen molar-refractivity contribution < 1.29 is 19.1 Å². The van der Waals surface area contributed by atoms with Crippen molar-refractivity contribution in [1.82, 2.24) is 5.06 Å². The summed E-state index contributed by atoms with van der Waals surface area (Å²) in [6.07, 6.45) is 0.524. The van der Waals surface area contributed by atoms with Gasteiger partial charge in [-0.15, -0.1) is 0 Å². The predicted octanol–water partition coefficient (Wildman–Crippen LogP) is 3.80. The van der Waals surface area contributed by atoms with Crippen molar-refractivity contribution >= 4 is 5.78 Å². The number of hydroxylamine groups is 2. The van der Waals surface area contributed by atoms with E-state index in [0.717, 1.165) is 11.3 Å². The van der Waals surface area contributed by atoms with Crippen molar-refractivity contribution in [3.8, 4) is 11.5 Å². The maximum absolute atomic E-state index is 13.4. The fourth-order valence-corrected chi connectivity index (χ4v) is 3.98. The van der Waals surface area contributed by atoms with Crippen LogP contribution in [0.25, 0.3) is 0 Å². The molecule has 4 rings (SSSR count). The van der Waals surface area contributed by atoms with Crippen LogP contribution in [0.15, 0.2) is 48.5 Å². The molecule has 0 amide bonds. The molecular formula is C21H23NO4. The molecule has 5 nitrogen and oxygen atoms in total.